The van der Waals surface area contributed by atoms with E-state index in [0.717, 1.165) is 24.9 Å². The van der Waals surface area contributed by atoms with Crippen molar-refractivity contribution < 1.29 is 4.39 Å². The summed E-state index contributed by atoms with van der Waals surface area (Å²) in [6.07, 6.45) is 2.29. The highest BCUT2D eigenvalue weighted by atomic mass is 35.5. The van der Waals surface area contributed by atoms with Crippen molar-refractivity contribution in [1.82, 2.24) is 5.32 Å². The van der Waals surface area contributed by atoms with Crippen molar-refractivity contribution >= 4 is 11.6 Å². The molecule has 4 heteroatoms. The van der Waals surface area contributed by atoms with Crippen molar-refractivity contribution in [3.63, 3.8) is 0 Å². The van der Waals surface area contributed by atoms with Gasteiger partial charge in [0.15, 0.2) is 0 Å². The Morgan fingerprint density at radius 3 is 2.50 bits per heavy atom. The highest BCUT2D eigenvalue weighted by Crippen LogP contribution is 2.21. The van der Waals surface area contributed by atoms with E-state index in [-0.39, 0.29) is 11.1 Å². The van der Waals surface area contributed by atoms with E-state index in [1.807, 2.05) is 0 Å². The van der Waals surface area contributed by atoms with Crippen LogP contribution in [0.25, 0.3) is 0 Å². The number of rotatable bonds is 7. The zero-order valence-corrected chi connectivity index (χ0v) is 11.8. The molecule has 1 unspecified atom stereocenters. The molecule has 0 bridgehead atoms. The molecule has 0 aliphatic heterocycles. The fourth-order valence-corrected chi connectivity index (χ4v) is 2.14. The van der Waals surface area contributed by atoms with Crippen LogP contribution in [0.4, 0.5) is 4.39 Å². The first-order valence-corrected chi connectivity index (χ1v) is 6.88. The molecule has 2 nitrogen and oxygen atoms in total. The Balaban J connectivity index is 2.67. The molecule has 0 aliphatic rings. The van der Waals surface area contributed by atoms with E-state index in [0.29, 0.717) is 12.5 Å². The highest BCUT2D eigenvalue weighted by molar-refractivity contribution is 6.30. The molecule has 0 saturated heterocycles. The second-order valence-electron chi connectivity index (χ2n) is 4.55. The molecular weight excluding hydrogens is 251 g/mol. The molecule has 0 spiro atoms. The van der Waals surface area contributed by atoms with E-state index in [9.17, 15) is 4.39 Å². The van der Waals surface area contributed by atoms with Crippen molar-refractivity contribution in [1.29, 1.82) is 0 Å². The van der Waals surface area contributed by atoms with Gasteiger partial charge in [0, 0.05) is 12.6 Å². The monoisotopic (exact) mass is 272 g/mol. The zero-order chi connectivity index (χ0) is 13.5. The van der Waals surface area contributed by atoms with Crippen LogP contribution in [0.15, 0.2) is 18.2 Å². The van der Waals surface area contributed by atoms with Gasteiger partial charge >= 0.3 is 0 Å². The topological polar surface area (TPSA) is 38.0 Å². The van der Waals surface area contributed by atoms with Crippen molar-refractivity contribution in [3.8, 4) is 0 Å². The average molecular weight is 273 g/mol. The van der Waals surface area contributed by atoms with E-state index in [1.165, 1.54) is 6.07 Å². The molecule has 0 aromatic heterocycles. The molecule has 3 N–H and O–H groups in total. The van der Waals surface area contributed by atoms with Crippen LogP contribution in [0.5, 0.6) is 0 Å². The molecule has 0 fully saturated rings. The fraction of sp³-hybridized carbons (Fsp3) is 0.571. The van der Waals surface area contributed by atoms with Gasteiger partial charge in [0.1, 0.15) is 5.82 Å². The van der Waals surface area contributed by atoms with Gasteiger partial charge in [-0.15, -0.1) is 0 Å². The average Bonchev–Trinajstić information content (AvgIpc) is 2.38. The molecule has 1 aromatic carbocycles. The molecule has 102 valence electrons. The van der Waals surface area contributed by atoms with Gasteiger partial charge in [0.2, 0.25) is 0 Å². The smallest absolute Gasteiger partial charge is 0.141 e. The summed E-state index contributed by atoms with van der Waals surface area (Å²) in [6, 6.07) is 4.80. The van der Waals surface area contributed by atoms with E-state index in [1.54, 1.807) is 12.1 Å². The number of nitrogens with one attached hydrogen (secondary N) is 1. The van der Waals surface area contributed by atoms with Crippen LogP contribution in [0, 0.1) is 11.7 Å². The third-order valence-corrected chi connectivity index (χ3v) is 3.68. The first-order valence-electron chi connectivity index (χ1n) is 6.50. The van der Waals surface area contributed by atoms with Crippen LogP contribution >= 0.6 is 11.6 Å². The predicted octanol–water partition coefficient (Wildman–Crippen LogP) is 3.50. The van der Waals surface area contributed by atoms with Gasteiger partial charge in [-0.2, -0.15) is 0 Å². The standard InChI is InChI=1S/C14H22ClFN2/c1-3-10(4-2)9-18-14(8-17)11-5-6-13(16)12(15)7-11/h5-7,10,14,18H,3-4,8-9,17H2,1-2H3. The minimum Gasteiger partial charge on any atom is -0.329 e. The first kappa shape index (κ1) is 15.4. The summed E-state index contributed by atoms with van der Waals surface area (Å²) in [5.41, 5.74) is 6.70. The summed E-state index contributed by atoms with van der Waals surface area (Å²) in [4.78, 5) is 0. The lowest BCUT2D eigenvalue weighted by molar-refractivity contribution is 0.414. The molecule has 1 rings (SSSR count). The number of hydrogen-bond acceptors (Lipinski definition) is 2. The van der Waals surface area contributed by atoms with Crippen molar-refractivity contribution in [2.75, 3.05) is 13.1 Å². The highest BCUT2D eigenvalue weighted by Gasteiger charge is 2.13. The summed E-state index contributed by atoms with van der Waals surface area (Å²) in [5, 5.41) is 3.58. The molecule has 1 aromatic rings. The zero-order valence-electron chi connectivity index (χ0n) is 11.0. The molecular formula is C14H22ClFN2. The van der Waals surface area contributed by atoms with Crippen LogP contribution in [0.1, 0.15) is 38.3 Å². The van der Waals surface area contributed by atoms with Gasteiger partial charge in [-0.05, 0) is 30.2 Å². The number of hydrogen-bond donors (Lipinski definition) is 2. The van der Waals surface area contributed by atoms with E-state index in [2.05, 4.69) is 19.2 Å². The van der Waals surface area contributed by atoms with E-state index < -0.39 is 5.82 Å². The number of nitrogens with two attached hydrogens (primary N) is 1. The molecule has 0 radical (unpaired) electrons. The van der Waals surface area contributed by atoms with Gasteiger partial charge in [-0.25, -0.2) is 4.39 Å². The largest absolute Gasteiger partial charge is 0.329 e. The quantitative estimate of drug-likeness (QED) is 0.797. The lowest BCUT2D eigenvalue weighted by atomic mass is 10.0. The Morgan fingerprint density at radius 1 is 1.33 bits per heavy atom. The summed E-state index contributed by atoms with van der Waals surface area (Å²) in [5.74, 6) is 0.256. The molecule has 0 amide bonds. The number of halogens is 2. The predicted molar refractivity (Wildman–Crippen MR) is 75.3 cm³/mol. The van der Waals surface area contributed by atoms with Crippen LogP contribution in [0.3, 0.4) is 0 Å². The van der Waals surface area contributed by atoms with Crippen LogP contribution in [-0.4, -0.2) is 13.1 Å². The first-order chi connectivity index (χ1) is 8.62. The van der Waals surface area contributed by atoms with Crippen molar-refractivity contribution in [2.24, 2.45) is 11.7 Å². The third kappa shape index (κ3) is 4.23. The Bertz CT molecular complexity index is 367. The van der Waals surface area contributed by atoms with Gasteiger partial charge in [-0.1, -0.05) is 44.4 Å². The summed E-state index contributed by atoms with van der Waals surface area (Å²) < 4.78 is 13.1. The second kappa shape index (κ2) is 7.72. The second-order valence-corrected chi connectivity index (χ2v) is 4.96. The Kier molecular flexibility index (Phi) is 6.61. The molecule has 18 heavy (non-hydrogen) atoms. The van der Waals surface area contributed by atoms with E-state index >= 15 is 0 Å². The normalized spacial score (nSPS) is 13.0. The minimum atomic E-state index is -0.392. The fourth-order valence-electron chi connectivity index (χ4n) is 1.95. The minimum absolute atomic E-state index is 0.0312. The van der Waals surface area contributed by atoms with Crippen LogP contribution < -0.4 is 11.1 Å². The maximum atomic E-state index is 13.1. The molecule has 0 aliphatic carbocycles. The van der Waals surface area contributed by atoms with Crippen LogP contribution in [0.2, 0.25) is 5.02 Å². The summed E-state index contributed by atoms with van der Waals surface area (Å²) in [7, 11) is 0. The van der Waals surface area contributed by atoms with Gasteiger partial charge in [0.05, 0.1) is 5.02 Å². The summed E-state index contributed by atoms with van der Waals surface area (Å²) in [6.45, 7) is 5.76. The van der Waals surface area contributed by atoms with Crippen molar-refractivity contribution in [3.05, 3.63) is 34.6 Å². The van der Waals surface area contributed by atoms with Gasteiger partial charge in [-0.3, -0.25) is 0 Å². The lowest BCUT2D eigenvalue weighted by Crippen LogP contribution is -2.32. The maximum Gasteiger partial charge on any atom is 0.141 e. The molecule has 0 heterocycles. The van der Waals surface area contributed by atoms with Crippen LogP contribution in [-0.2, 0) is 0 Å². The molecule has 0 saturated carbocycles. The SMILES string of the molecule is CCC(CC)CNC(CN)c1ccc(F)c(Cl)c1. The Hall–Kier alpha value is -0.640. The Morgan fingerprint density at radius 2 is 2.00 bits per heavy atom. The van der Waals surface area contributed by atoms with Gasteiger partial charge in [0.25, 0.3) is 0 Å². The summed E-state index contributed by atoms with van der Waals surface area (Å²) >= 11 is 5.79. The third-order valence-electron chi connectivity index (χ3n) is 3.39. The van der Waals surface area contributed by atoms with Crippen molar-refractivity contribution in [2.45, 2.75) is 32.7 Å². The maximum absolute atomic E-state index is 13.1. The Labute approximate surface area is 114 Å². The van der Waals surface area contributed by atoms with Gasteiger partial charge < -0.3 is 11.1 Å². The number of benzene rings is 1. The molecule has 1 atom stereocenters. The van der Waals surface area contributed by atoms with E-state index in [4.69, 9.17) is 17.3 Å². The lowest BCUT2D eigenvalue weighted by Gasteiger charge is -2.21.